The molecule has 0 aliphatic rings. The van der Waals surface area contributed by atoms with E-state index in [-0.39, 0.29) is 36.0 Å². The quantitative estimate of drug-likeness (QED) is 0.553. The third-order valence-electron chi connectivity index (χ3n) is 3.07. The zero-order valence-electron chi connectivity index (χ0n) is 12.7. The van der Waals surface area contributed by atoms with Gasteiger partial charge in [-0.15, -0.1) is 5.11 Å². The molecule has 0 aromatic heterocycles. The molecular formula is C16H16N4O4. The fourth-order valence-corrected chi connectivity index (χ4v) is 1.90. The number of rotatable bonds is 6. The van der Waals surface area contributed by atoms with Crippen molar-refractivity contribution in [2.24, 2.45) is 16.1 Å². The molecule has 4 N–H and O–H groups in total. The number of carboxylic acid groups (broad SMARTS) is 1. The van der Waals surface area contributed by atoms with E-state index in [0.717, 1.165) is 11.1 Å². The molecule has 0 saturated heterocycles. The predicted molar refractivity (Wildman–Crippen MR) is 86.1 cm³/mol. The topological polar surface area (TPSA) is 129 Å². The van der Waals surface area contributed by atoms with Crippen LogP contribution in [0.1, 0.15) is 20.7 Å². The molecule has 0 aliphatic heterocycles. The molecular weight excluding hydrogens is 312 g/mol. The number of benzene rings is 2. The number of carboxylic acids is 1. The summed E-state index contributed by atoms with van der Waals surface area (Å²) in [5.41, 5.74) is 5.81. The van der Waals surface area contributed by atoms with Crippen LogP contribution in [-0.4, -0.2) is 40.2 Å². The van der Waals surface area contributed by atoms with Gasteiger partial charge in [0.2, 0.25) is 0 Å². The first kappa shape index (κ1) is 17.1. The Morgan fingerprint density at radius 2 is 1.83 bits per heavy atom. The third-order valence-corrected chi connectivity index (χ3v) is 3.07. The molecule has 2 rings (SSSR count). The Balaban J connectivity index is 2.24. The molecule has 0 radical (unpaired) electrons. The first-order chi connectivity index (χ1) is 11.5. The number of nitrogens with zero attached hydrogens (tertiary/aromatic N) is 3. The fraction of sp³-hybridized carbons (Fsp3) is 0.125. The van der Waals surface area contributed by atoms with Gasteiger partial charge in [0.05, 0.1) is 12.2 Å². The molecule has 0 unspecified atom stereocenters. The fourth-order valence-electron chi connectivity index (χ4n) is 1.90. The van der Waals surface area contributed by atoms with Crippen LogP contribution in [0.3, 0.4) is 0 Å². The minimum atomic E-state index is -1.29. The van der Waals surface area contributed by atoms with Crippen LogP contribution in [0, 0.1) is 0 Å². The number of carbonyl (C=O) groups is 2. The number of hydrogen-bond acceptors (Lipinski definition) is 6. The second-order valence-electron chi connectivity index (χ2n) is 4.78. The molecule has 0 atom stereocenters. The number of aromatic carboxylic acids is 1. The average Bonchev–Trinajstić information content (AvgIpc) is 2.59. The smallest absolute Gasteiger partial charge is 0.339 e. The molecule has 0 saturated carbocycles. The van der Waals surface area contributed by atoms with Crippen LogP contribution < -0.4 is 5.73 Å². The SMILES string of the molecule is NCCN(N=Nc1ccc(O)c(C(=O)O)c1)C(=O)c1ccccc1. The summed E-state index contributed by atoms with van der Waals surface area (Å²) in [6.07, 6.45) is 0. The second kappa shape index (κ2) is 7.84. The normalized spacial score (nSPS) is 10.7. The molecule has 0 bridgehead atoms. The predicted octanol–water partition coefficient (Wildman–Crippen LogP) is 2.19. The lowest BCUT2D eigenvalue weighted by Gasteiger charge is -2.14. The lowest BCUT2D eigenvalue weighted by atomic mass is 10.2. The number of carbonyl (C=O) groups excluding carboxylic acids is 1. The molecule has 2 aromatic rings. The van der Waals surface area contributed by atoms with Gasteiger partial charge in [0.15, 0.2) is 0 Å². The van der Waals surface area contributed by atoms with E-state index in [9.17, 15) is 14.7 Å². The highest BCUT2D eigenvalue weighted by Crippen LogP contribution is 2.23. The first-order valence-corrected chi connectivity index (χ1v) is 7.08. The van der Waals surface area contributed by atoms with Gasteiger partial charge >= 0.3 is 5.97 Å². The summed E-state index contributed by atoms with van der Waals surface area (Å²) in [7, 11) is 0. The number of hydrogen-bond donors (Lipinski definition) is 3. The van der Waals surface area contributed by atoms with Crippen molar-refractivity contribution in [3.63, 3.8) is 0 Å². The van der Waals surface area contributed by atoms with Crippen molar-refractivity contribution in [3.8, 4) is 5.75 Å². The van der Waals surface area contributed by atoms with Crippen molar-refractivity contribution in [2.75, 3.05) is 13.1 Å². The van der Waals surface area contributed by atoms with Gasteiger partial charge in [-0.2, -0.15) is 0 Å². The number of nitrogens with two attached hydrogens (primary N) is 1. The van der Waals surface area contributed by atoms with Crippen LogP contribution in [0.5, 0.6) is 5.75 Å². The summed E-state index contributed by atoms with van der Waals surface area (Å²) in [5, 5.41) is 27.2. The Morgan fingerprint density at radius 3 is 2.46 bits per heavy atom. The molecule has 8 nitrogen and oxygen atoms in total. The molecule has 0 spiro atoms. The van der Waals surface area contributed by atoms with E-state index >= 15 is 0 Å². The molecule has 0 aliphatic carbocycles. The molecule has 1 amide bonds. The van der Waals surface area contributed by atoms with Crippen LogP contribution in [-0.2, 0) is 0 Å². The lowest BCUT2D eigenvalue weighted by molar-refractivity contribution is 0.0692. The van der Waals surface area contributed by atoms with E-state index in [0.29, 0.717) is 5.56 Å². The molecule has 2 aromatic carbocycles. The van der Waals surface area contributed by atoms with Gasteiger partial charge < -0.3 is 15.9 Å². The van der Waals surface area contributed by atoms with Crippen molar-refractivity contribution in [1.82, 2.24) is 5.01 Å². The maximum atomic E-state index is 12.4. The Labute approximate surface area is 137 Å². The van der Waals surface area contributed by atoms with Gasteiger partial charge in [0.1, 0.15) is 11.3 Å². The second-order valence-corrected chi connectivity index (χ2v) is 4.78. The Morgan fingerprint density at radius 1 is 1.12 bits per heavy atom. The maximum absolute atomic E-state index is 12.4. The summed E-state index contributed by atoms with van der Waals surface area (Å²) in [6, 6.07) is 12.3. The standard InChI is InChI=1S/C16H16N4O4/c17-8-9-20(15(22)11-4-2-1-3-5-11)19-18-12-6-7-14(21)13(10-12)16(23)24/h1-7,10,21H,8-9,17H2,(H,23,24). The average molecular weight is 328 g/mol. The Kier molecular flexibility index (Phi) is 5.58. The molecule has 24 heavy (non-hydrogen) atoms. The zero-order valence-corrected chi connectivity index (χ0v) is 12.7. The summed E-state index contributed by atoms with van der Waals surface area (Å²) in [5.74, 6) is -2.04. The van der Waals surface area contributed by atoms with Crippen molar-refractivity contribution >= 4 is 17.6 Å². The van der Waals surface area contributed by atoms with E-state index in [2.05, 4.69) is 10.3 Å². The zero-order chi connectivity index (χ0) is 17.5. The van der Waals surface area contributed by atoms with Gasteiger partial charge in [-0.25, -0.2) is 9.80 Å². The summed E-state index contributed by atoms with van der Waals surface area (Å²) in [6.45, 7) is 0.342. The third kappa shape index (κ3) is 4.14. The van der Waals surface area contributed by atoms with Gasteiger partial charge in [-0.05, 0) is 30.3 Å². The van der Waals surface area contributed by atoms with E-state index < -0.39 is 5.97 Å². The lowest BCUT2D eigenvalue weighted by Crippen LogP contribution is -2.30. The monoisotopic (exact) mass is 328 g/mol. The first-order valence-electron chi connectivity index (χ1n) is 7.08. The van der Waals surface area contributed by atoms with Crippen molar-refractivity contribution < 1.29 is 19.8 Å². The molecule has 0 fully saturated rings. The number of aromatic hydroxyl groups is 1. The van der Waals surface area contributed by atoms with Crippen LogP contribution in [0.25, 0.3) is 0 Å². The van der Waals surface area contributed by atoms with Crippen molar-refractivity contribution in [2.45, 2.75) is 0 Å². The highest BCUT2D eigenvalue weighted by Gasteiger charge is 2.15. The van der Waals surface area contributed by atoms with E-state index in [4.69, 9.17) is 10.8 Å². The van der Waals surface area contributed by atoms with E-state index in [1.165, 1.54) is 12.1 Å². The van der Waals surface area contributed by atoms with Gasteiger partial charge in [-0.3, -0.25) is 4.79 Å². The van der Waals surface area contributed by atoms with Gasteiger partial charge in [0, 0.05) is 12.1 Å². The van der Waals surface area contributed by atoms with Crippen LogP contribution in [0.2, 0.25) is 0 Å². The van der Waals surface area contributed by atoms with Crippen molar-refractivity contribution in [3.05, 3.63) is 59.7 Å². The van der Waals surface area contributed by atoms with Crippen molar-refractivity contribution in [1.29, 1.82) is 0 Å². The summed E-state index contributed by atoms with van der Waals surface area (Å²) >= 11 is 0. The highest BCUT2D eigenvalue weighted by molar-refractivity contribution is 5.94. The number of amides is 1. The minimum absolute atomic E-state index is 0.154. The summed E-state index contributed by atoms with van der Waals surface area (Å²) < 4.78 is 0. The molecule has 8 heteroatoms. The molecule has 0 heterocycles. The Bertz CT molecular complexity index is 762. The van der Waals surface area contributed by atoms with Crippen LogP contribution >= 0.6 is 0 Å². The van der Waals surface area contributed by atoms with Gasteiger partial charge in [-0.1, -0.05) is 23.4 Å². The van der Waals surface area contributed by atoms with E-state index in [1.807, 2.05) is 0 Å². The van der Waals surface area contributed by atoms with E-state index in [1.54, 1.807) is 30.3 Å². The van der Waals surface area contributed by atoms with Crippen LogP contribution in [0.15, 0.2) is 58.9 Å². The summed E-state index contributed by atoms with van der Waals surface area (Å²) in [4.78, 5) is 23.4. The van der Waals surface area contributed by atoms with Crippen LogP contribution in [0.4, 0.5) is 5.69 Å². The van der Waals surface area contributed by atoms with Gasteiger partial charge in [0.25, 0.3) is 5.91 Å². The Hall–Kier alpha value is -3.26. The highest BCUT2D eigenvalue weighted by atomic mass is 16.4. The largest absolute Gasteiger partial charge is 0.507 e. The minimum Gasteiger partial charge on any atom is -0.507 e. The number of phenols is 1. The maximum Gasteiger partial charge on any atom is 0.339 e. The molecule has 124 valence electrons.